The van der Waals surface area contributed by atoms with Gasteiger partial charge in [-0.3, -0.25) is 0 Å². The lowest BCUT2D eigenvalue weighted by Crippen LogP contribution is -1.94. The van der Waals surface area contributed by atoms with Crippen LogP contribution in [0.3, 0.4) is 0 Å². The van der Waals surface area contributed by atoms with Gasteiger partial charge in [-0.1, -0.05) is 61.2 Å². The molecule has 0 heterocycles. The normalized spacial score (nSPS) is 10.5. The van der Waals surface area contributed by atoms with E-state index in [9.17, 15) is 8.78 Å². The second-order valence-electron chi connectivity index (χ2n) is 3.77. The minimum absolute atomic E-state index is 0.135. The van der Waals surface area contributed by atoms with Gasteiger partial charge >= 0.3 is 0 Å². The fourth-order valence-corrected chi connectivity index (χ4v) is 1.63. The van der Waals surface area contributed by atoms with Gasteiger partial charge in [0.1, 0.15) is 0 Å². The van der Waals surface area contributed by atoms with E-state index in [1.54, 1.807) is 12.1 Å². The Kier molecular flexibility index (Phi) is 3.33. The maximum atomic E-state index is 12.4. The molecule has 0 atom stereocenters. The molecule has 0 aliphatic heterocycles. The van der Waals surface area contributed by atoms with Crippen LogP contribution < -0.4 is 0 Å². The van der Waals surface area contributed by atoms with Crippen LogP contribution in [0, 0.1) is 0 Å². The average Bonchev–Trinajstić information content (AvgIpc) is 2.39. The molecule has 0 bridgehead atoms. The standard InChI is InChI=1S/C15H12F2/c1-11(15(16)17)12-7-9-14(10-8-12)13-5-3-2-4-6-13/h2-10,15H,1H2. The van der Waals surface area contributed by atoms with Crippen molar-refractivity contribution in [1.29, 1.82) is 0 Å². The van der Waals surface area contributed by atoms with Gasteiger partial charge in [-0.05, 0) is 16.7 Å². The van der Waals surface area contributed by atoms with E-state index >= 15 is 0 Å². The molecule has 2 heteroatoms. The van der Waals surface area contributed by atoms with E-state index in [1.807, 2.05) is 42.5 Å². The first-order valence-electron chi connectivity index (χ1n) is 5.31. The van der Waals surface area contributed by atoms with Gasteiger partial charge in [0.05, 0.1) is 0 Å². The summed E-state index contributed by atoms with van der Waals surface area (Å²) in [6, 6.07) is 16.8. The molecule has 0 aliphatic rings. The highest BCUT2D eigenvalue weighted by atomic mass is 19.3. The van der Waals surface area contributed by atoms with Crippen molar-refractivity contribution in [3.05, 3.63) is 66.7 Å². The van der Waals surface area contributed by atoms with Crippen molar-refractivity contribution in [2.75, 3.05) is 0 Å². The predicted octanol–water partition coefficient (Wildman–Crippen LogP) is 4.63. The predicted molar refractivity (Wildman–Crippen MR) is 66.9 cm³/mol. The van der Waals surface area contributed by atoms with Gasteiger partial charge in [0.2, 0.25) is 0 Å². The third kappa shape index (κ3) is 2.59. The number of hydrogen-bond acceptors (Lipinski definition) is 0. The van der Waals surface area contributed by atoms with Gasteiger partial charge in [-0.15, -0.1) is 0 Å². The molecule has 2 rings (SSSR count). The van der Waals surface area contributed by atoms with Crippen LogP contribution in [0.15, 0.2) is 61.2 Å². The lowest BCUT2D eigenvalue weighted by molar-refractivity contribution is 0.215. The van der Waals surface area contributed by atoms with Crippen molar-refractivity contribution in [3.63, 3.8) is 0 Å². The van der Waals surface area contributed by atoms with E-state index in [0.29, 0.717) is 5.56 Å². The van der Waals surface area contributed by atoms with E-state index < -0.39 is 6.43 Å². The second-order valence-corrected chi connectivity index (χ2v) is 3.77. The van der Waals surface area contributed by atoms with E-state index in [1.165, 1.54) is 0 Å². The molecule has 17 heavy (non-hydrogen) atoms. The summed E-state index contributed by atoms with van der Waals surface area (Å²) in [5, 5.41) is 0. The Balaban J connectivity index is 2.28. The molecular weight excluding hydrogens is 218 g/mol. The SMILES string of the molecule is C=C(c1ccc(-c2ccccc2)cc1)C(F)F. The van der Waals surface area contributed by atoms with Crippen LogP contribution in [0.1, 0.15) is 5.56 Å². The molecule has 0 fully saturated rings. The molecule has 0 saturated carbocycles. The van der Waals surface area contributed by atoms with Gasteiger partial charge in [0.25, 0.3) is 6.43 Å². The summed E-state index contributed by atoms with van der Waals surface area (Å²) >= 11 is 0. The second kappa shape index (κ2) is 4.91. The van der Waals surface area contributed by atoms with Crippen LogP contribution in [0.4, 0.5) is 8.78 Å². The summed E-state index contributed by atoms with van der Waals surface area (Å²) in [6.45, 7) is 3.38. The molecule has 0 aromatic heterocycles. The highest BCUT2D eigenvalue weighted by Crippen LogP contribution is 2.24. The minimum Gasteiger partial charge on any atom is -0.205 e. The molecule has 0 unspecified atom stereocenters. The Morgan fingerprint density at radius 2 is 1.35 bits per heavy atom. The van der Waals surface area contributed by atoms with Gasteiger partial charge < -0.3 is 0 Å². The summed E-state index contributed by atoms with van der Waals surface area (Å²) in [7, 11) is 0. The van der Waals surface area contributed by atoms with Crippen LogP contribution in [0.25, 0.3) is 16.7 Å². The molecule has 0 N–H and O–H groups in total. The third-order valence-electron chi connectivity index (χ3n) is 2.63. The molecule has 2 aromatic carbocycles. The van der Waals surface area contributed by atoms with E-state index in [4.69, 9.17) is 0 Å². The Morgan fingerprint density at radius 3 is 1.88 bits per heavy atom. The van der Waals surface area contributed by atoms with Crippen LogP contribution in [0.2, 0.25) is 0 Å². The molecule has 2 aromatic rings. The Hall–Kier alpha value is -1.96. The Bertz CT molecular complexity index is 498. The summed E-state index contributed by atoms with van der Waals surface area (Å²) in [5.41, 5.74) is 2.43. The lowest BCUT2D eigenvalue weighted by Gasteiger charge is -2.06. The van der Waals surface area contributed by atoms with Crippen LogP contribution in [-0.4, -0.2) is 6.43 Å². The van der Waals surface area contributed by atoms with Crippen LogP contribution >= 0.6 is 0 Å². The number of halogens is 2. The third-order valence-corrected chi connectivity index (χ3v) is 2.63. The first-order chi connectivity index (χ1) is 8.18. The van der Waals surface area contributed by atoms with Crippen molar-refractivity contribution < 1.29 is 8.78 Å². The van der Waals surface area contributed by atoms with Crippen molar-refractivity contribution in [1.82, 2.24) is 0 Å². The van der Waals surface area contributed by atoms with Crippen molar-refractivity contribution in [3.8, 4) is 11.1 Å². The zero-order chi connectivity index (χ0) is 12.3. The largest absolute Gasteiger partial charge is 0.263 e. The van der Waals surface area contributed by atoms with E-state index in [-0.39, 0.29) is 5.57 Å². The maximum Gasteiger partial charge on any atom is 0.263 e. The number of benzene rings is 2. The van der Waals surface area contributed by atoms with Gasteiger partial charge in [-0.25, -0.2) is 8.78 Å². The zero-order valence-electron chi connectivity index (χ0n) is 9.24. The van der Waals surface area contributed by atoms with Crippen molar-refractivity contribution in [2.45, 2.75) is 6.43 Å². The summed E-state index contributed by atoms with van der Waals surface area (Å²) in [4.78, 5) is 0. The fraction of sp³-hybridized carbons (Fsp3) is 0.0667. The van der Waals surface area contributed by atoms with Gasteiger partial charge in [0, 0.05) is 5.57 Å². The van der Waals surface area contributed by atoms with Crippen LogP contribution in [-0.2, 0) is 0 Å². The fourth-order valence-electron chi connectivity index (χ4n) is 1.63. The van der Waals surface area contributed by atoms with Gasteiger partial charge in [0.15, 0.2) is 0 Å². The summed E-state index contributed by atoms with van der Waals surface area (Å²) in [5.74, 6) is 0. The first-order valence-corrected chi connectivity index (χ1v) is 5.31. The minimum atomic E-state index is -2.50. The zero-order valence-corrected chi connectivity index (χ0v) is 9.24. The molecule has 86 valence electrons. The topological polar surface area (TPSA) is 0 Å². The maximum absolute atomic E-state index is 12.4. The van der Waals surface area contributed by atoms with Crippen molar-refractivity contribution >= 4 is 5.57 Å². The molecule has 0 spiro atoms. The highest BCUT2D eigenvalue weighted by Gasteiger charge is 2.10. The average molecular weight is 230 g/mol. The number of alkyl halides is 2. The molecule has 0 nitrogen and oxygen atoms in total. The summed E-state index contributed by atoms with van der Waals surface area (Å²) < 4.78 is 24.9. The molecule has 0 radical (unpaired) electrons. The van der Waals surface area contributed by atoms with E-state index in [0.717, 1.165) is 11.1 Å². The Morgan fingerprint density at radius 1 is 0.824 bits per heavy atom. The molecular formula is C15H12F2. The monoisotopic (exact) mass is 230 g/mol. The smallest absolute Gasteiger partial charge is 0.205 e. The summed E-state index contributed by atoms with van der Waals surface area (Å²) in [6.07, 6.45) is -2.50. The van der Waals surface area contributed by atoms with Crippen LogP contribution in [0.5, 0.6) is 0 Å². The molecule has 0 amide bonds. The first kappa shape index (κ1) is 11.5. The highest BCUT2D eigenvalue weighted by molar-refractivity contribution is 5.70. The quantitative estimate of drug-likeness (QED) is 0.721. The number of hydrogen-bond donors (Lipinski definition) is 0. The van der Waals surface area contributed by atoms with Crippen molar-refractivity contribution in [2.24, 2.45) is 0 Å². The number of rotatable bonds is 3. The molecule has 0 aliphatic carbocycles. The number of allylic oxidation sites excluding steroid dienone is 1. The lowest BCUT2D eigenvalue weighted by atomic mass is 10.0. The van der Waals surface area contributed by atoms with E-state index in [2.05, 4.69) is 6.58 Å². The van der Waals surface area contributed by atoms with Gasteiger partial charge in [-0.2, -0.15) is 0 Å². The molecule has 0 saturated heterocycles. The Labute approximate surface area is 99.2 Å².